The molecule has 0 aromatic rings. The molecule has 2 N–H and O–H groups in total. The maximum Gasteiger partial charge on any atom is 0.339 e. The van der Waals surface area contributed by atoms with Crippen molar-refractivity contribution in [3.05, 3.63) is 23.9 Å². The van der Waals surface area contributed by atoms with Crippen LogP contribution < -0.4 is 5.73 Å². The van der Waals surface area contributed by atoms with Gasteiger partial charge in [0.05, 0.1) is 19.8 Å². The second kappa shape index (κ2) is 5.82. The Hall–Kier alpha value is -1.78. The van der Waals surface area contributed by atoms with Crippen LogP contribution in [0.4, 0.5) is 0 Å². The third-order valence-electron chi connectivity index (χ3n) is 1.20. The Morgan fingerprint density at radius 2 is 1.77 bits per heavy atom. The number of carbonyl (C=O) groups excluding carboxylic acids is 2. The first-order valence-electron chi connectivity index (χ1n) is 3.42. The number of esters is 2. The van der Waals surface area contributed by atoms with Crippen molar-refractivity contribution < 1.29 is 19.1 Å². The van der Waals surface area contributed by atoms with E-state index < -0.39 is 11.9 Å². The molecule has 5 heteroatoms. The van der Waals surface area contributed by atoms with Gasteiger partial charge >= 0.3 is 11.9 Å². The molecule has 0 fully saturated rings. The van der Waals surface area contributed by atoms with Gasteiger partial charge in [0.25, 0.3) is 0 Å². The first kappa shape index (κ1) is 11.2. The van der Waals surface area contributed by atoms with E-state index in [-0.39, 0.29) is 5.57 Å². The summed E-state index contributed by atoms with van der Waals surface area (Å²) in [5, 5.41) is 0. The third-order valence-corrected chi connectivity index (χ3v) is 1.20. The van der Waals surface area contributed by atoms with E-state index in [0.717, 1.165) is 12.3 Å². The molecule has 13 heavy (non-hydrogen) atoms. The molecule has 0 aliphatic rings. The van der Waals surface area contributed by atoms with Gasteiger partial charge in [0.15, 0.2) is 0 Å². The Labute approximate surface area is 75.8 Å². The van der Waals surface area contributed by atoms with Gasteiger partial charge in [0.1, 0.15) is 0 Å². The summed E-state index contributed by atoms with van der Waals surface area (Å²) in [5.41, 5.74) is 5.20. The predicted octanol–water partition coefficient (Wildman–Crippen LogP) is -0.269. The Morgan fingerprint density at radius 3 is 2.15 bits per heavy atom. The van der Waals surface area contributed by atoms with Crippen LogP contribution in [-0.4, -0.2) is 26.2 Å². The van der Waals surface area contributed by atoms with Crippen molar-refractivity contribution in [1.29, 1.82) is 0 Å². The normalized spacial score (nSPS) is 11.4. The fourth-order valence-corrected chi connectivity index (χ4v) is 0.535. The minimum absolute atomic E-state index is 0.0906. The molecule has 0 aromatic carbocycles. The van der Waals surface area contributed by atoms with Gasteiger partial charge in [-0.25, -0.2) is 9.59 Å². The molecular weight excluding hydrogens is 174 g/mol. The summed E-state index contributed by atoms with van der Waals surface area (Å²) in [6.45, 7) is 0. The summed E-state index contributed by atoms with van der Waals surface area (Å²) in [6, 6.07) is 0. The zero-order valence-corrected chi connectivity index (χ0v) is 7.44. The van der Waals surface area contributed by atoms with Crippen molar-refractivity contribution in [2.75, 3.05) is 14.2 Å². The molecule has 72 valence electrons. The van der Waals surface area contributed by atoms with Crippen molar-refractivity contribution in [2.45, 2.75) is 0 Å². The van der Waals surface area contributed by atoms with E-state index in [2.05, 4.69) is 9.47 Å². The average Bonchev–Trinajstić information content (AvgIpc) is 2.17. The number of hydrogen-bond donors (Lipinski definition) is 1. The van der Waals surface area contributed by atoms with Crippen molar-refractivity contribution in [1.82, 2.24) is 0 Å². The lowest BCUT2D eigenvalue weighted by molar-refractivity contribution is -0.135. The van der Waals surface area contributed by atoms with Gasteiger partial charge in [-0.05, 0) is 6.08 Å². The number of rotatable bonds is 3. The molecule has 0 atom stereocenters. The van der Waals surface area contributed by atoms with Gasteiger partial charge in [0, 0.05) is 12.3 Å². The molecule has 0 amide bonds. The number of methoxy groups -OCH3 is 2. The summed E-state index contributed by atoms with van der Waals surface area (Å²) in [4.78, 5) is 21.5. The number of hydrogen-bond acceptors (Lipinski definition) is 5. The van der Waals surface area contributed by atoms with E-state index in [1.165, 1.54) is 20.3 Å². The van der Waals surface area contributed by atoms with Crippen LogP contribution in [0, 0.1) is 0 Å². The predicted molar refractivity (Wildman–Crippen MR) is 45.4 cm³/mol. The first-order chi connectivity index (χ1) is 6.15. The van der Waals surface area contributed by atoms with E-state index in [4.69, 9.17) is 5.73 Å². The molecule has 0 spiro atoms. The highest BCUT2D eigenvalue weighted by molar-refractivity contribution is 5.93. The number of ether oxygens (including phenoxy) is 2. The highest BCUT2D eigenvalue weighted by Crippen LogP contribution is 1.97. The highest BCUT2D eigenvalue weighted by Gasteiger charge is 2.04. The maximum atomic E-state index is 10.9. The van der Waals surface area contributed by atoms with E-state index in [1.54, 1.807) is 0 Å². The molecule has 0 saturated carbocycles. The summed E-state index contributed by atoms with van der Waals surface area (Å²) in [5.74, 6) is -1.18. The van der Waals surface area contributed by atoms with E-state index in [9.17, 15) is 9.59 Å². The second-order valence-corrected chi connectivity index (χ2v) is 1.97. The Bertz CT molecular complexity index is 255. The number of nitrogens with two attached hydrogens (primary N) is 1. The van der Waals surface area contributed by atoms with Crippen LogP contribution >= 0.6 is 0 Å². The fourth-order valence-electron chi connectivity index (χ4n) is 0.535. The van der Waals surface area contributed by atoms with Crippen LogP contribution in [0.1, 0.15) is 0 Å². The van der Waals surface area contributed by atoms with Crippen LogP contribution in [0.15, 0.2) is 23.9 Å². The molecule has 0 rings (SSSR count). The zero-order chi connectivity index (χ0) is 10.3. The standard InChI is InChI=1S/C8H11NO4/c1-12-7(10)4-3-6(5-9)8(11)13-2/h3-5H,9H2,1-2H3. The van der Waals surface area contributed by atoms with Crippen molar-refractivity contribution in [2.24, 2.45) is 5.73 Å². The lowest BCUT2D eigenvalue weighted by Gasteiger charge is -1.97. The van der Waals surface area contributed by atoms with Crippen molar-refractivity contribution in [3.8, 4) is 0 Å². The molecule has 0 unspecified atom stereocenters. The molecule has 0 aliphatic carbocycles. The highest BCUT2D eigenvalue weighted by atomic mass is 16.5. The van der Waals surface area contributed by atoms with Gasteiger partial charge in [-0.1, -0.05) is 0 Å². The van der Waals surface area contributed by atoms with Gasteiger partial charge < -0.3 is 15.2 Å². The van der Waals surface area contributed by atoms with Gasteiger partial charge in [-0.2, -0.15) is 0 Å². The quantitative estimate of drug-likeness (QED) is 0.372. The van der Waals surface area contributed by atoms with Crippen LogP contribution in [-0.2, 0) is 19.1 Å². The fraction of sp³-hybridized carbons (Fsp3) is 0.250. The van der Waals surface area contributed by atoms with Gasteiger partial charge in [0.2, 0.25) is 0 Å². The molecule has 5 nitrogen and oxygen atoms in total. The minimum Gasteiger partial charge on any atom is -0.466 e. The van der Waals surface area contributed by atoms with Gasteiger partial charge in [-0.3, -0.25) is 0 Å². The second-order valence-electron chi connectivity index (χ2n) is 1.97. The zero-order valence-electron chi connectivity index (χ0n) is 7.44. The lowest BCUT2D eigenvalue weighted by Crippen LogP contribution is -2.05. The third kappa shape index (κ3) is 3.95. The molecule has 0 aromatic heterocycles. The minimum atomic E-state index is -0.609. The molecule has 0 radical (unpaired) electrons. The van der Waals surface area contributed by atoms with E-state index in [0.29, 0.717) is 0 Å². The van der Waals surface area contributed by atoms with Crippen LogP contribution in [0.5, 0.6) is 0 Å². The average molecular weight is 185 g/mol. The largest absolute Gasteiger partial charge is 0.466 e. The summed E-state index contributed by atoms with van der Waals surface area (Å²) >= 11 is 0. The van der Waals surface area contributed by atoms with Crippen LogP contribution in [0.25, 0.3) is 0 Å². The summed E-state index contributed by atoms with van der Waals surface area (Å²) < 4.78 is 8.69. The molecule has 0 aliphatic heterocycles. The van der Waals surface area contributed by atoms with E-state index >= 15 is 0 Å². The van der Waals surface area contributed by atoms with Crippen molar-refractivity contribution >= 4 is 11.9 Å². The van der Waals surface area contributed by atoms with Gasteiger partial charge in [-0.15, -0.1) is 0 Å². The summed E-state index contributed by atoms with van der Waals surface area (Å²) in [7, 11) is 2.45. The smallest absolute Gasteiger partial charge is 0.339 e. The van der Waals surface area contributed by atoms with Crippen LogP contribution in [0.3, 0.4) is 0 Å². The number of carbonyl (C=O) groups is 2. The SMILES string of the molecule is COC(=O)C=CC(=CN)C(=O)OC. The van der Waals surface area contributed by atoms with Crippen LogP contribution in [0.2, 0.25) is 0 Å². The topological polar surface area (TPSA) is 78.6 Å². The summed E-state index contributed by atoms with van der Waals surface area (Å²) in [6.07, 6.45) is 3.35. The Morgan fingerprint density at radius 1 is 1.15 bits per heavy atom. The monoisotopic (exact) mass is 185 g/mol. The van der Waals surface area contributed by atoms with E-state index in [1.807, 2.05) is 0 Å². The Kier molecular flexibility index (Phi) is 5.02. The molecular formula is C8H11NO4. The lowest BCUT2D eigenvalue weighted by atomic mass is 10.2. The Balaban J connectivity index is 4.39. The van der Waals surface area contributed by atoms with Crippen molar-refractivity contribution in [3.63, 3.8) is 0 Å². The first-order valence-corrected chi connectivity index (χ1v) is 3.42. The maximum absolute atomic E-state index is 10.9. The molecule has 0 heterocycles. The molecule has 0 saturated heterocycles. The molecule has 0 bridgehead atoms.